The number of carbonyl (C=O) groups is 1. The Morgan fingerprint density at radius 3 is 2.48 bits per heavy atom. The maximum atomic E-state index is 11.8. The minimum atomic E-state index is -0.258. The van der Waals surface area contributed by atoms with Gasteiger partial charge < -0.3 is 24.8 Å². The van der Waals surface area contributed by atoms with Crippen LogP contribution in [0.5, 0.6) is 17.4 Å². The van der Waals surface area contributed by atoms with E-state index in [0.717, 1.165) is 17.1 Å². The SMILES string of the molecule is CCOc1ccc(OCCNC(=O)NCc2ccnc(OC)c2)cc1. The molecule has 0 unspecified atom stereocenters. The topological polar surface area (TPSA) is 81.7 Å². The fourth-order valence-electron chi connectivity index (χ4n) is 2.05. The van der Waals surface area contributed by atoms with Gasteiger partial charge in [0.1, 0.15) is 18.1 Å². The number of rotatable bonds is 9. The molecule has 2 aromatic rings. The summed E-state index contributed by atoms with van der Waals surface area (Å²) in [5, 5.41) is 5.50. The van der Waals surface area contributed by atoms with Crippen LogP contribution in [0, 0.1) is 0 Å². The van der Waals surface area contributed by atoms with Gasteiger partial charge in [-0.15, -0.1) is 0 Å². The van der Waals surface area contributed by atoms with Crippen molar-refractivity contribution in [3.05, 3.63) is 48.2 Å². The molecular formula is C18H23N3O4. The van der Waals surface area contributed by atoms with Crippen LogP contribution in [0.15, 0.2) is 42.6 Å². The van der Waals surface area contributed by atoms with Crippen molar-refractivity contribution in [3.63, 3.8) is 0 Å². The van der Waals surface area contributed by atoms with Crippen LogP contribution < -0.4 is 24.8 Å². The lowest BCUT2D eigenvalue weighted by molar-refractivity contribution is 0.236. The highest BCUT2D eigenvalue weighted by atomic mass is 16.5. The Hall–Kier alpha value is -2.96. The first kappa shape index (κ1) is 18.4. The molecule has 2 amide bonds. The second-order valence-corrected chi connectivity index (χ2v) is 5.07. The summed E-state index contributed by atoms with van der Waals surface area (Å²) in [5.41, 5.74) is 0.910. The molecule has 0 aliphatic carbocycles. The molecule has 25 heavy (non-hydrogen) atoms. The van der Waals surface area contributed by atoms with Gasteiger partial charge in [-0.05, 0) is 42.8 Å². The van der Waals surface area contributed by atoms with Crippen molar-refractivity contribution >= 4 is 6.03 Å². The third kappa shape index (κ3) is 6.58. The van der Waals surface area contributed by atoms with Crippen LogP contribution in [-0.2, 0) is 6.54 Å². The number of hydrogen-bond acceptors (Lipinski definition) is 5. The summed E-state index contributed by atoms with van der Waals surface area (Å²) in [6, 6.07) is 10.7. The molecule has 0 fully saturated rings. The van der Waals surface area contributed by atoms with E-state index in [9.17, 15) is 4.79 Å². The summed E-state index contributed by atoms with van der Waals surface area (Å²) in [4.78, 5) is 15.8. The van der Waals surface area contributed by atoms with Crippen LogP contribution in [0.1, 0.15) is 12.5 Å². The molecule has 134 valence electrons. The number of nitrogens with zero attached hydrogens (tertiary/aromatic N) is 1. The molecule has 1 aromatic carbocycles. The van der Waals surface area contributed by atoms with E-state index in [1.54, 1.807) is 19.4 Å². The van der Waals surface area contributed by atoms with Crippen LogP contribution in [-0.4, -0.2) is 37.9 Å². The normalized spacial score (nSPS) is 10.0. The zero-order chi connectivity index (χ0) is 17.9. The lowest BCUT2D eigenvalue weighted by Gasteiger charge is -2.10. The second-order valence-electron chi connectivity index (χ2n) is 5.07. The van der Waals surface area contributed by atoms with Gasteiger partial charge in [0.2, 0.25) is 5.88 Å². The average Bonchev–Trinajstić information content (AvgIpc) is 2.65. The van der Waals surface area contributed by atoms with Gasteiger partial charge in [-0.25, -0.2) is 9.78 Å². The summed E-state index contributed by atoms with van der Waals surface area (Å²) in [6.07, 6.45) is 1.64. The number of nitrogens with one attached hydrogen (secondary N) is 2. The molecule has 0 aliphatic heterocycles. The summed E-state index contributed by atoms with van der Waals surface area (Å²) in [7, 11) is 1.55. The fourth-order valence-corrected chi connectivity index (χ4v) is 2.05. The van der Waals surface area contributed by atoms with E-state index in [0.29, 0.717) is 32.2 Å². The molecule has 0 radical (unpaired) electrons. The quantitative estimate of drug-likeness (QED) is 0.682. The number of aromatic nitrogens is 1. The maximum Gasteiger partial charge on any atom is 0.315 e. The first-order valence-corrected chi connectivity index (χ1v) is 8.07. The summed E-state index contributed by atoms with van der Waals surface area (Å²) in [5.74, 6) is 2.05. The van der Waals surface area contributed by atoms with Gasteiger partial charge in [0.05, 0.1) is 20.3 Å². The Bertz CT molecular complexity index is 662. The second kappa shape index (κ2) is 10.0. The van der Waals surface area contributed by atoms with Crippen molar-refractivity contribution in [2.24, 2.45) is 0 Å². The number of carbonyl (C=O) groups excluding carboxylic acids is 1. The van der Waals surface area contributed by atoms with E-state index in [1.807, 2.05) is 37.3 Å². The van der Waals surface area contributed by atoms with Gasteiger partial charge in [-0.3, -0.25) is 0 Å². The third-order valence-corrected chi connectivity index (χ3v) is 3.25. The summed E-state index contributed by atoms with van der Waals surface area (Å²) in [6.45, 7) is 3.74. The fraction of sp³-hybridized carbons (Fsp3) is 0.333. The van der Waals surface area contributed by atoms with Crippen LogP contribution >= 0.6 is 0 Å². The van der Waals surface area contributed by atoms with Crippen molar-refractivity contribution in [2.75, 3.05) is 26.9 Å². The zero-order valence-corrected chi connectivity index (χ0v) is 14.5. The first-order chi connectivity index (χ1) is 12.2. The van der Waals surface area contributed by atoms with E-state index in [-0.39, 0.29) is 6.03 Å². The highest BCUT2D eigenvalue weighted by molar-refractivity contribution is 5.73. The van der Waals surface area contributed by atoms with Gasteiger partial charge in [0.15, 0.2) is 0 Å². The van der Waals surface area contributed by atoms with Gasteiger partial charge in [0.25, 0.3) is 0 Å². The molecular weight excluding hydrogens is 322 g/mol. The molecule has 0 saturated carbocycles. The molecule has 2 rings (SSSR count). The number of amides is 2. The molecule has 1 heterocycles. The van der Waals surface area contributed by atoms with Gasteiger partial charge >= 0.3 is 6.03 Å². The van der Waals surface area contributed by atoms with E-state index in [2.05, 4.69) is 15.6 Å². The number of urea groups is 1. The standard InChI is InChI=1S/C18H23N3O4/c1-3-24-15-4-6-16(7-5-15)25-11-10-20-18(22)21-13-14-8-9-19-17(12-14)23-2/h4-9,12H,3,10-11,13H2,1-2H3,(H2,20,21,22). The molecule has 0 spiro atoms. The third-order valence-electron chi connectivity index (χ3n) is 3.25. The Kier molecular flexibility index (Phi) is 7.37. The lowest BCUT2D eigenvalue weighted by Crippen LogP contribution is -2.37. The van der Waals surface area contributed by atoms with Crippen LogP contribution in [0.2, 0.25) is 0 Å². The minimum absolute atomic E-state index is 0.258. The minimum Gasteiger partial charge on any atom is -0.494 e. The monoisotopic (exact) mass is 345 g/mol. The Morgan fingerprint density at radius 2 is 1.80 bits per heavy atom. The van der Waals surface area contributed by atoms with Crippen molar-refractivity contribution in [1.82, 2.24) is 15.6 Å². The predicted octanol–water partition coefficient (Wildman–Crippen LogP) is 2.37. The molecule has 0 aliphatic rings. The Balaban J connectivity index is 1.63. The molecule has 7 heteroatoms. The van der Waals surface area contributed by atoms with Gasteiger partial charge in [-0.1, -0.05) is 0 Å². The van der Waals surface area contributed by atoms with Crippen molar-refractivity contribution < 1.29 is 19.0 Å². The van der Waals surface area contributed by atoms with Crippen LogP contribution in [0.25, 0.3) is 0 Å². The number of pyridine rings is 1. The molecule has 0 saturated heterocycles. The lowest BCUT2D eigenvalue weighted by atomic mass is 10.2. The van der Waals surface area contributed by atoms with E-state index in [4.69, 9.17) is 14.2 Å². The van der Waals surface area contributed by atoms with Crippen LogP contribution in [0.3, 0.4) is 0 Å². The van der Waals surface area contributed by atoms with Gasteiger partial charge in [-0.2, -0.15) is 0 Å². The smallest absolute Gasteiger partial charge is 0.315 e. The molecule has 0 atom stereocenters. The van der Waals surface area contributed by atoms with Crippen molar-refractivity contribution in [2.45, 2.75) is 13.5 Å². The zero-order valence-electron chi connectivity index (χ0n) is 14.5. The number of benzene rings is 1. The molecule has 7 nitrogen and oxygen atoms in total. The maximum absolute atomic E-state index is 11.8. The summed E-state index contributed by atoms with van der Waals surface area (Å²) >= 11 is 0. The predicted molar refractivity (Wildman–Crippen MR) is 94.1 cm³/mol. The molecule has 1 aromatic heterocycles. The summed E-state index contributed by atoms with van der Waals surface area (Å²) < 4.78 is 16.0. The Morgan fingerprint density at radius 1 is 1.08 bits per heavy atom. The van der Waals surface area contributed by atoms with Gasteiger partial charge in [0, 0.05) is 18.8 Å². The first-order valence-electron chi connectivity index (χ1n) is 8.07. The van der Waals surface area contributed by atoms with Crippen LogP contribution in [0.4, 0.5) is 4.79 Å². The molecule has 0 bridgehead atoms. The van der Waals surface area contributed by atoms with Crippen molar-refractivity contribution in [3.8, 4) is 17.4 Å². The highest BCUT2D eigenvalue weighted by Crippen LogP contribution is 2.17. The van der Waals surface area contributed by atoms with Crippen molar-refractivity contribution in [1.29, 1.82) is 0 Å². The van der Waals surface area contributed by atoms with E-state index < -0.39 is 0 Å². The number of methoxy groups -OCH3 is 1. The average molecular weight is 345 g/mol. The van der Waals surface area contributed by atoms with E-state index in [1.165, 1.54) is 0 Å². The van der Waals surface area contributed by atoms with E-state index >= 15 is 0 Å². The Labute approximate surface area is 147 Å². The highest BCUT2D eigenvalue weighted by Gasteiger charge is 2.02. The number of ether oxygens (including phenoxy) is 3. The molecule has 2 N–H and O–H groups in total. The largest absolute Gasteiger partial charge is 0.494 e. The number of hydrogen-bond donors (Lipinski definition) is 2.